The Morgan fingerprint density at radius 3 is 2.75 bits per heavy atom. The van der Waals surface area contributed by atoms with E-state index in [9.17, 15) is 4.79 Å². The van der Waals surface area contributed by atoms with Gasteiger partial charge in [-0.15, -0.1) is 5.10 Å². The second-order valence-electron chi connectivity index (χ2n) is 4.09. The van der Waals surface area contributed by atoms with Crippen LogP contribution in [0.4, 0.5) is 0 Å². The van der Waals surface area contributed by atoms with Crippen LogP contribution < -0.4 is 0 Å². The highest BCUT2D eigenvalue weighted by molar-refractivity contribution is 5.73. The number of aromatic nitrogens is 3. The molecule has 1 aromatic rings. The van der Waals surface area contributed by atoms with Crippen LogP contribution in [0, 0.1) is 0 Å². The van der Waals surface area contributed by atoms with Crippen molar-refractivity contribution < 1.29 is 9.90 Å². The normalized spacial score (nSPS) is 17.8. The number of carbonyl (C=O) groups is 1. The summed E-state index contributed by atoms with van der Waals surface area (Å²) < 4.78 is 1.79. The molecule has 1 aliphatic heterocycles. The maximum atomic E-state index is 11.2. The number of carbonyl (C=O) groups excluding carboxylic acids is 1. The van der Waals surface area contributed by atoms with Gasteiger partial charge in [0.1, 0.15) is 5.69 Å². The van der Waals surface area contributed by atoms with Crippen LogP contribution in [0.1, 0.15) is 31.5 Å². The third kappa shape index (κ3) is 2.21. The Hall–Kier alpha value is -1.43. The molecular weight excluding hydrogens is 208 g/mol. The zero-order valence-corrected chi connectivity index (χ0v) is 9.33. The van der Waals surface area contributed by atoms with E-state index in [1.807, 2.05) is 4.90 Å². The van der Waals surface area contributed by atoms with E-state index in [1.54, 1.807) is 17.8 Å². The first kappa shape index (κ1) is 11.1. The fourth-order valence-electron chi connectivity index (χ4n) is 2.01. The summed E-state index contributed by atoms with van der Waals surface area (Å²) in [7, 11) is 0. The fourth-order valence-corrected chi connectivity index (χ4v) is 2.01. The van der Waals surface area contributed by atoms with Crippen LogP contribution in [0.3, 0.4) is 0 Å². The van der Waals surface area contributed by atoms with Crippen molar-refractivity contribution in [2.75, 3.05) is 13.1 Å². The molecule has 0 saturated carbocycles. The third-order valence-electron chi connectivity index (χ3n) is 3.00. The van der Waals surface area contributed by atoms with E-state index in [2.05, 4.69) is 10.3 Å². The van der Waals surface area contributed by atoms with Gasteiger partial charge in [-0.1, -0.05) is 5.21 Å². The van der Waals surface area contributed by atoms with Crippen molar-refractivity contribution in [2.24, 2.45) is 0 Å². The number of aliphatic hydroxyl groups excluding tert-OH is 1. The van der Waals surface area contributed by atoms with Crippen LogP contribution in [-0.2, 0) is 11.4 Å². The molecule has 16 heavy (non-hydrogen) atoms. The molecule has 6 nitrogen and oxygen atoms in total. The molecule has 0 unspecified atom stereocenters. The van der Waals surface area contributed by atoms with Crippen molar-refractivity contribution in [1.82, 2.24) is 19.9 Å². The van der Waals surface area contributed by atoms with Crippen molar-refractivity contribution in [1.29, 1.82) is 0 Å². The van der Waals surface area contributed by atoms with Gasteiger partial charge in [-0.25, -0.2) is 4.68 Å². The van der Waals surface area contributed by atoms with Crippen LogP contribution in [0.25, 0.3) is 0 Å². The highest BCUT2D eigenvalue weighted by atomic mass is 16.3. The largest absolute Gasteiger partial charge is 0.390 e. The van der Waals surface area contributed by atoms with Crippen molar-refractivity contribution in [3.63, 3.8) is 0 Å². The predicted molar refractivity (Wildman–Crippen MR) is 56.5 cm³/mol. The Kier molecular flexibility index (Phi) is 3.19. The minimum atomic E-state index is -0.0771. The average Bonchev–Trinajstić information content (AvgIpc) is 2.77. The highest BCUT2D eigenvalue weighted by Crippen LogP contribution is 2.21. The Bertz CT molecular complexity index is 369. The van der Waals surface area contributed by atoms with Crippen molar-refractivity contribution >= 4 is 5.91 Å². The summed E-state index contributed by atoms with van der Waals surface area (Å²) >= 11 is 0. The van der Waals surface area contributed by atoms with E-state index >= 15 is 0 Å². The number of likely N-dealkylation sites (tertiary alicyclic amines) is 1. The number of rotatable bonds is 2. The quantitative estimate of drug-likeness (QED) is 0.764. The molecule has 0 bridgehead atoms. The summed E-state index contributed by atoms with van der Waals surface area (Å²) in [5, 5.41) is 16.7. The van der Waals surface area contributed by atoms with E-state index in [0.717, 1.165) is 25.9 Å². The van der Waals surface area contributed by atoms with Gasteiger partial charge >= 0.3 is 0 Å². The maximum absolute atomic E-state index is 11.2. The van der Waals surface area contributed by atoms with Gasteiger partial charge in [0.05, 0.1) is 18.8 Å². The van der Waals surface area contributed by atoms with E-state index in [4.69, 9.17) is 5.11 Å². The van der Waals surface area contributed by atoms with Gasteiger partial charge < -0.3 is 10.0 Å². The number of hydrogen-bond acceptors (Lipinski definition) is 4. The van der Waals surface area contributed by atoms with Gasteiger partial charge in [-0.3, -0.25) is 4.79 Å². The molecule has 1 aliphatic rings. The molecule has 0 atom stereocenters. The topological polar surface area (TPSA) is 71.2 Å². The minimum Gasteiger partial charge on any atom is -0.390 e. The van der Waals surface area contributed by atoms with Crippen molar-refractivity contribution in [2.45, 2.75) is 32.4 Å². The van der Waals surface area contributed by atoms with Crippen LogP contribution >= 0.6 is 0 Å². The summed E-state index contributed by atoms with van der Waals surface area (Å²) in [6, 6.07) is 0.295. The number of aliphatic hydroxyl groups is 1. The second-order valence-corrected chi connectivity index (χ2v) is 4.09. The van der Waals surface area contributed by atoms with Gasteiger partial charge in [0.15, 0.2) is 0 Å². The Morgan fingerprint density at radius 2 is 2.25 bits per heavy atom. The predicted octanol–water partition coefficient (Wildman–Crippen LogP) is -0.0462. The molecule has 1 saturated heterocycles. The molecule has 6 heteroatoms. The van der Waals surface area contributed by atoms with Gasteiger partial charge in [-0.05, 0) is 12.8 Å². The lowest BCUT2D eigenvalue weighted by molar-refractivity contribution is -0.130. The SMILES string of the molecule is CC(=O)N1CCC(n2cc(CO)nn2)CC1. The summed E-state index contributed by atoms with van der Waals surface area (Å²) in [5.41, 5.74) is 0.592. The summed E-state index contributed by atoms with van der Waals surface area (Å²) in [5.74, 6) is 0.132. The molecule has 0 aromatic carbocycles. The van der Waals surface area contributed by atoms with Gasteiger partial charge in [0.25, 0.3) is 0 Å². The van der Waals surface area contributed by atoms with E-state index in [-0.39, 0.29) is 12.5 Å². The number of nitrogens with zero attached hydrogens (tertiary/aromatic N) is 4. The number of piperidine rings is 1. The second kappa shape index (κ2) is 4.61. The molecule has 1 aromatic heterocycles. The van der Waals surface area contributed by atoms with E-state index in [0.29, 0.717) is 11.7 Å². The summed E-state index contributed by atoms with van der Waals surface area (Å²) in [6.45, 7) is 3.06. The first-order chi connectivity index (χ1) is 7.70. The molecule has 2 heterocycles. The average molecular weight is 224 g/mol. The third-order valence-corrected chi connectivity index (χ3v) is 3.00. The Morgan fingerprint density at radius 1 is 1.56 bits per heavy atom. The molecule has 1 N–H and O–H groups in total. The van der Waals surface area contributed by atoms with Crippen LogP contribution in [0.5, 0.6) is 0 Å². The number of amides is 1. The maximum Gasteiger partial charge on any atom is 0.219 e. The van der Waals surface area contributed by atoms with Crippen molar-refractivity contribution in [3.8, 4) is 0 Å². The standard InChI is InChI=1S/C10H16N4O2/c1-8(16)13-4-2-10(3-5-13)14-6-9(7-15)11-12-14/h6,10,15H,2-5,7H2,1H3. The molecule has 2 rings (SSSR count). The smallest absolute Gasteiger partial charge is 0.219 e. The van der Waals surface area contributed by atoms with Crippen LogP contribution in [0.2, 0.25) is 0 Å². The first-order valence-corrected chi connectivity index (χ1v) is 5.48. The Balaban J connectivity index is 1.96. The molecular formula is C10H16N4O2. The molecule has 88 valence electrons. The van der Waals surface area contributed by atoms with Crippen molar-refractivity contribution in [3.05, 3.63) is 11.9 Å². The lowest BCUT2D eigenvalue weighted by Crippen LogP contribution is -2.37. The van der Waals surface area contributed by atoms with E-state index in [1.165, 1.54) is 0 Å². The van der Waals surface area contributed by atoms with Gasteiger partial charge in [0.2, 0.25) is 5.91 Å². The first-order valence-electron chi connectivity index (χ1n) is 5.48. The fraction of sp³-hybridized carbons (Fsp3) is 0.700. The molecule has 0 spiro atoms. The molecule has 1 fully saturated rings. The Labute approximate surface area is 93.9 Å². The zero-order valence-electron chi connectivity index (χ0n) is 9.33. The van der Waals surface area contributed by atoms with Crippen LogP contribution in [-0.4, -0.2) is 44.0 Å². The molecule has 0 aliphatic carbocycles. The molecule has 0 radical (unpaired) electrons. The lowest BCUT2D eigenvalue weighted by Gasteiger charge is -2.30. The lowest BCUT2D eigenvalue weighted by atomic mass is 10.1. The van der Waals surface area contributed by atoms with Crippen LogP contribution in [0.15, 0.2) is 6.20 Å². The highest BCUT2D eigenvalue weighted by Gasteiger charge is 2.22. The monoisotopic (exact) mass is 224 g/mol. The van der Waals surface area contributed by atoms with Gasteiger partial charge in [-0.2, -0.15) is 0 Å². The summed E-state index contributed by atoms with van der Waals surface area (Å²) in [4.78, 5) is 13.0. The summed E-state index contributed by atoms with van der Waals surface area (Å²) in [6.07, 6.45) is 3.57. The molecule has 1 amide bonds. The van der Waals surface area contributed by atoms with E-state index < -0.39 is 0 Å². The number of hydrogen-bond donors (Lipinski definition) is 1. The van der Waals surface area contributed by atoms with Gasteiger partial charge in [0, 0.05) is 20.0 Å². The zero-order chi connectivity index (χ0) is 11.5. The minimum absolute atomic E-state index is 0.0771.